The second-order valence-electron chi connectivity index (χ2n) is 3.89. The average Bonchev–Trinajstić information content (AvgIpc) is 2.43. The molecule has 0 saturated heterocycles. The van der Waals surface area contributed by atoms with Crippen molar-refractivity contribution in [3.63, 3.8) is 0 Å². The van der Waals surface area contributed by atoms with Gasteiger partial charge in [0.2, 0.25) is 5.91 Å². The van der Waals surface area contributed by atoms with Gasteiger partial charge in [-0.15, -0.1) is 11.6 Å². The minimum atomic E-state index is -0.823. The lowest BCUT2D eigenvalue weighted by atomic mass is 10.1. The van der Waals surface area contributed by atoms with E-state index in [0.717, 1.165) is 0 Å². The first-order chi connectivity index (χ1) is 9.08. The molecule has 0 heterocycles. The molecule has 1 unspecified atom stereocenters. The molecule has 5 heteroatoms. The lowest BCUT2D eigenvalue weighted by Crippen LogP contribution is -2.17. The van der Waals surface area contributed by atoms with Gasteiger partial charge in [0.1, 0.15) is 11.2 Å². The molecule has 2 aromatic carbocycles. The van der Waals surface area contributed by atoms with E-state index in [4.69, 9.17) is 11.6 Å². The van der Waals surface area contributed by atoms with Crippen LogP contribution in [0.25, 0.3) is 0 Å². The van der Waals surface area contributed by atoms with Gasteiger partial charge in [0, 0.05) is 4.47 Å². The van der Waals surface area contributed by atoms with Gasteiger partial charge in [-0.25, -0.2) is 4.39 Å². The Bertz CT molecular complexity index is 591. The lowest BCUT2D eigenvalue weighted by Gasteiger charge is -2.12. The Hall–Kier alpha value is -1.39. The highest BCUT2D eigenvalue weighted by molar-refractivity contribution is 9.10. The molecule has 0 spiro atoms. The molecule has 0 bridgehead atoms. The largest absolute Gasteiger partial charge is 0.323 e. The van der Waals surface area contributed by atoms with E-state index in [2.05, 4.69) is 21.2 Å². The highest BCUT2D eigenvalue weighted by atomic mass is 79.9. The number of rotatable bonds is 3. The van der Waals surface area contributed by atoms with Crippen LogP contribution in [0.15, 0.2) is 53.0 Å². The van der Waals surface area contributed by atoms with E-state index in [1.807, 2.05) is 6.07 Å². The van der Waals surface area contributed by atoms with Crippen molar-refractivity contribution in [2.75, 3.05) is 5.32 Å². The van der Waals surface area contributed by atoms with E-state index in [1.165, 1.54) is 18.2 Å². The molecular weight excluding hydrogens is 333 g/mol. The Morgan fingerprint density at radius 2 is 1.89 bits per heavy atom. The molecule has 0 aliphatic rings. The molecule has 1 atom stereocenters. The first-order valence-corrected chi connectivity index (χ1v) is 6.76. The topological polar surface area (TPSA) is 29.1 Å². The van der Waals surface area contributed by atoms with Crippen LogP contribution in [0.4, 0.5) is 10.1 Å². The molecule has 98 valence electrons. The SMILES string of the molecule is O=C(Nc1cc(F)ccc1Br)C(Cl)c1ccccc1. The number of anilines is 1. The Kier molecular flexibility index (Phi) is 4.56. The second-order valence-corrected chi connectivity index (χ2v) is 5.18. The van der Waals surface area contributed by atoms with Crippen LogP contribution in [-0.2, 0) is 4.79 Å². The number of alkyl halides is 1. The molecule has 0 aliphatic heterocycles. The monoisotopic (exact) mass is 341 g/mol. The highest BCUT2D eigenvalue weighted by Gasteiger charge is 2.18. The molecule has 1 amide bonds. The number of carbonyl (C=O) groups excluding carboxylic acids is 1. The fourth-order valence-electron chi connectivity index (χ4n) is 1.56. The van der Waals surface area contributed by atoms with Gasteiger partial charge in [0.15, 0.2) is 0 Å². The fraction of sp³-hybridized carbons (Fsp3) is 0.0714. The van der Waals surface area contributed by atoms with Crippen molar-refractivity contribution < 1.29 is 9.18 Å². The first kappa shape index (κ1) is 14.0. The summed E-state index contributed by atoms with van der Waals surface area (Å²) in [7, 11) is 0. The van der Waals surface area contributed by atoms with Crippen molar-refractivity contribution in [3.05, 3.63) is 64.4 Å². The molecule has 2 rings (SSSR count). The Labute approximate surface area is 123 Å². The van der Waals surface area contributed by atoms with E-state index in [-0.39, 0.29) is 0 Å². The van der Waals surface area contributed by atoms with Gasteiger partial charge < -0.3 is 5.32 Å². The molecule has 0 saturated carbocycles. The quantitative estimate of drug-likeness (QED) is 0.817. The molecule has 1 N–H and O–H groups in total. The number of nitrogens with one attached hydrogen (secondary N) is 1. The van der Waals surface area contributed by atoms with Gasteiger partial charge in [0.25, 0.3) is 0 Å². The van der Waals surface area contributed by atoms with E-state index in [1.54, 1.807) is 24.3 Å². The number of benzene rings is 2. The predicted molar refractivity (Wildman–Crippen MR) is 77.8 cm³/mol. The van der Waals surface area contributed by atoms with Crippen LogP contribution < -0.4 is 5.32 Å². The summed E-state index contributed by atoms with van der Waals surface area (Å²) < 4.78 is 13.7. The van der Waals surface area contributed by atoms with Crippen LogP contribution in [0.3, 0.4) is 0 Å². The molecule has 0 aliphatic carbocycles. The Balaban J connectivity index is 2.15. The summed E-state index contributed by atoms with van der Waals surface area (Å²) in [6, 6.07) is 13.0. The number of halogens is 3. The maximum atomic E-state index is 13.1. The summed E-state index contributed by atoms with van der Waals surface area (Å²) in [5.74, 6) is -0.830. The van der Waals surface area contributed by atoms with Crippen LogP contribution in [0.5, 0.6) is 0 Å². The van der Waals surface area contributed by atoms with Crippen molar-refractivity contribution in [3.8, 4) is 0 Å². The molecule has 2 aromatic rings. The lowest BCUT2D eigenvalue weighted by molar-refractivity contribution is -0.116. The Morgan fingerprint density at radius 3 is 2.58 bits per heavy atom. The fourth-order valence-corrected chi connectivity index (χ4v) is 2.11. The zero-order chi connectivity index (χ0) is 13.8. The summed E-state index contributed by atoms with van der Waals surface area (Å²) in [5.41, 5.74) is 1.04. The minimum absolute atomic E-state index is 0.353. The third-order valence-electron chi connectivity index (χ3n) is 2.51. The molecule has 0 radical (unpaired) electrons. The maximum absolute atomic E-state index is 13.1. The third kappa shape index (κ3) is 3.55. The van der Waals surface area contributed by atoms with E-state index in [0.29, 0.717) is 15.7 Å². The van der Waals surface area contributed by atoms with Crippen LogP contribution in [0.2, 0.25) is 0 Å². The minimum Gasteiger partial charge on any atom is -0.323 e. The van der Waals surface area contributed by atoms with Crippen molar-refractivity contribution in [1.82, 2.24) is 0 Å². The first-order valence-electron chi connectivity index (χ1n) is 5.53. The van der Waals surface area contributed by atoms with Crippen LogP contribution in [0, 0.1) is 5.82 Å². The molecular formula is C14H10BrClFNO. The molecule has 0 aromatic heterocycles. The number of amides is 1. The van der Waals surface area contributed by atoms with E-state index in [9.17, 15) is 9.18 Å². The second kappa shape index (κ2) is 6.17. The normalized spacial score (nSPS) is 11.9. The van der Waals surface area contributed by atoms with E-state index < -0.39 is 17.1 Å². The number of hydrogen-bond acceptors (Lipinski definition) is 1. The van der Waals surface area contributed by atoms with Gasteiger partial charge in [-0.2, -0.15) is 0 Å². The standard InChI is InChI=1S/C14H10BrClFNO/c15-11-7-6-10(17)8-12(11)18-14(19)13(16)9-4-2-1-3-5-9/h1-8,13H,(H,18,19). The summed E-state index contributed by atoms with van der Waals surface area (Å²) in [4.78, 5) is 12.0. The highest BCUT2D eigenvalue weighted by Crippen LogP contribution is 2.26. The van der Waals surface area contributed by atoms with Crippen molar-refractivity contribution in [1.29, 1.82) is 0 Å². The average molecular weight is 343 g/mol. The third-order valence-corrected chi connectivity index (χ3v) is 3.65. The predicted octanol–water partition coefficient (Wildman–Crippen LogP) is 4.51. The Morgan fingerprint density at radius 1 is 1.21 bits per heavy atom. The van der Waals surface area contributed by atoms with Gasteiger partial charge in [-0.3, -0.25) is 4.79 Å². The van der Waals surface area contributed by atoms with Crippen LogP contribution >= 0.6 is 27.5 Å². The van der Waals surface area contributed by atoms with Gasteiger partial charge in [0.05, 0.1) is 5.69 Å². The van der Waals surface area contributed by atoms with Crippen LogP contribution in [-0.4, -0.2) is 5.91 Å². The van der Waals surface area contributed by atoms with Gasteiger partial charge in [-0.1, -0.05) is 30.3 Å². The molecule has 19 heavy (non-hydrogen) atoms. The smallest absolute Gasteiger partial charge is 0.247 e. The van der Waals surface area contributed by atoms with Crippen LogP contribution in [0.1, 0.15) is 10.9 Å². The van der Waals surface area contributed by atoms with Gasteiger partial charge in [-0.05, 0) is 39.7 Å². The summed E-state index contributed by atoms with van der Waals surface area (Å²) in [5, 5.41) is 1.77. The number of hydrogen-bond donors (Lipinski definition) is 1. The zero-order valence-electron chi connectivity index (χ0n) is 9.74. The van der Waals surface area contributed by atoms with E-state index >= 15 is 0 Å². The summed E-state index contributed by atoms with van der Waals surface area (Å²) in [6.07, 6.45) is 0. The van der Waals surface area contributed by atoms with Crippen molar-refractivity contribution >= 4 is 39.1 Å². The van der Waals surface area contributed by atoms with Crippen molar-refractivity contribution in [2.24, 2.45) is 0 Å². The molecule has 2 nitrogen and oxygen atoms in total. The molecule has 0 fully saturated rings. The number of carbonyl (C=O) groups is 1. The summed E-state index contributed by atoms with van der Waals surface area (Å²) in [6.45, 7) is 0. The van der Waals surface area contributed by atoms with Gasteiger partial charge >= 0.3 is 0 Å². The maximum Gasteiger partial charge on any atom is 0.247 e. The van der Waals surface area contributed by atoms with Crippen molar-refractivity contribution in [2.45, 2.75) is 5.38 Å². The summed E-state index contributed by atoms with van der Waals surface area (Å²) >= 11 is 9.32. The zero-order valence-corrected chi connectivity index (χ0v) is 12.1.